The van der Waals surface area contributed by atoms with Crippen LogP contribution in [0.25, 0.3) is 10.9 Å². The quantitative estimate of drug-likeness (QED) is 0.108. The van der Waals surface area contributed by atoms with Crippen LogP contribution >= 0.6 is 11.8 Å². The molecule has 1 saturated heterocycles. The fourth-order valence-corrected chi connectivity index (χ4v) is 4.42. The number of fused-ring (bicyclic) bond motifs is 1. The number of ether oxygens (including phenoxy) is 2. The van der Waals surface area contributed by atoms with Gasteiger partial charge in [0.05, 0.1) is 13.7 Å². The molecular formula is C17H21N2O10S2-. The Morgan fingerprint density at radius 2 is 2.03 bits per heavy atom. The Balaban J connectivity index is 1.87. The van der Waals surface area contributed by atoms with Crippen LogP contribution in [0.3, 0.4) is 0 Å². The van der Waals surface area contributed by atoms with Gasteiger partial charge < -0.3 is 39.4 Å². The summed E-state index contributed by atoms with van der Waals surface area (Å²) in [4.78, 5) is 3.09. The average Bonchev–Trinajstić information content (AvgIpc) is 3.14. The van der Waals surface area contributed by atoms with E-state index in [-0.39, 0.29) is 11.5 Å². The fraction of sp³-hybridized carbons (Fsp3) is 0.471. The van der Waals surface area contributed by atoms with E-state index >= 15 is 0 Å². The first-order valence-electron chi connectivity index (χ1n) is 8.96. The van der Waals surface area contributed by atoms with Gasteiger partial charge >= 0.3 is 0 Å². The van der Waals surface area contributed by atoms with E-state index in [1.165, 1.54) is 7.11 Å². The minimum atomic E-state index is -5.15. The third-order valence-corrected chi connectivity index (χ3v) is 5.94. The van der Waals surface area contributed by atoms with Crippen molar-refractivity contribution in [2.24, 2.45) is 5.16 Å². The van der Waals surface area contributed by atoms with E-state index in [1.807, 2.05) is 0 Å². The molecule has 0 unspecified atom stereocenters. The first-order valence-corrected chi connectivity index (χ1v) is 11.2. The Labute approximate surface area is 181 Å². The van der Waals surface area contributed by atoms with Crippen molar-refractivity contribution in [3.8, 4) is 5.75 Å². The molecule has 2 heterocycles. The maximum Gasteiger partial charge on any atom is 0.284 e. The number of thioether (sulfide) groups is 1. The number of rotatable bonds is 7. The number of aromatic nitrogens is 1. The SMILES string of the molecule is COc1cccc2[nH]c(C/C(=N/OS(=O)(=O)[O-])S[C@@H]3O[C@H](CO)[C@@H](O)[C@H](O)[C@H]3O)cc12. The fourth-order valence-electron chi connectivity index (χ4n) is 3.10. The molecule has 0 spiro atoms. The lowest BCUT2D eigenvalue weighted by Crippen LogP contribution is -2.57. The van der Waals surface area contributed by atoms with E-state index in [1.54, 1.807) is 24.3 Å². The van der Waals surface area contributed by atoms with Crippen LogP contribution in [0, 0.1) is 0 Å². The highest BCUT2D eigenvalue weighted by Gasteiger charge is 2.44. The number of aromatic amines is 1. The lowest BCUT2D eigenvalue weighted by Gasteiger charge is -2.39. The maximum absolute atomic E-state index is 10.9. The summed E-state index contributed by atoms with van der Waals surface area (Å²) in [6.07, 6.45) is -6.02. The number of methoxy groups -OCH3 is 1. The van der Waals surface area contributed by atoms with Crippen molar-refractivity contribution in [3.63, 3.8) is 0 Å². The zero-order chi connectivity index (χ0) is 22.8. The van der Waals surface area contributed by atoms with Gasteiger partial charge in [0, 0.05) is 23.0 Å². The Morgan fingerprint density at radius 1 is 1.29 bits per heavy atom. The van der Waals surface area contributed by atoms with E-state index in [2.05, 4.69) is 14.4 Å². The van der Waals surface area contributed by atoms with Crippen LogP contribution < -0.4 is 4.74 Å². The predicted molar refractivity (Wildman–Crippen MR) is 108 cm³/mol. The van der Waals surface area contributed by atoms with Crippen LogP contribution in [-0.4, -0.2) is 87.0 Å². The first kappa shape index (κ1) is 23.7. The molecule has 0 amide bonds. The second kappa shape index (κ2) is 9.70. The van der Waals surface area contributed by atoms with Crippen molar-refractivity contribution in [2.45, 2.75) is 36.3 Å². The summed E-state index contributed by atoms with van der Waals surface area (Å²) in [7, 11) is -3.64. The number of hydrogen-bond donors (Lipinski definition) is 5. The molecule has 0 aliphatic carbocycles. The summed E-state index contributed by atoms with van der Waals surface area (Å²) in [6, 6.07) is 7.04. The molecule has 3 rings (SSSR count). The molecule has 2 aromatic rings. The van der Waals surface area contributed by atoms with Gasteiger partial charge in [-0.1, -0.05) is 23.0 Å². The molecule has 5 N–H and O–H groups in total. The maximum atomic E-state index is 10.9. The number of nitrogens with zero attached hydrogens (tertiary/aromatic N) is 1. The van der Waals surface area contributed by atoms with Gasteiger partial charge in [-0.3, -0.25) is 4.28 Å². The Morgan fingerprint density at radius 3 is 2.68 bits per heavy atom. The monoisotopic (exact) mass is 477 g/mol. The number of nitrogens with one attached hydrogen (secondary N) is 1. The summed E-state index contributed by atoms with van der Waals surface area (Å²) in [5.41, 5.74) is 0.0253. The second-order valence-corrected chi connectivity index (χ2v) is 8.81. The minimum absolute atomic E-state index is 0.0625. The van der Waals surface area contributed by atoms with Crippen LogP contribution in [0.1, 0.15) is 5.69 Å². The van der Waals surface area contributed by atoms with Gasteiger partial charge in [0.2, 0.25) is 0 Å². The molecule has 0 saturated carbocycles. The van der Waals surface area contributed by atoms with Crippen LogP contribution in [0.15, 0.2) is 29.4 Å². The molecule has 12 nitrogen and oxygen atoms in total. The molecule has 1 fully saturated rings. The van der Waals surface area contributed by atoms with Crippen LogP contribution in [0.5, 0.6) is 5.75 Å². The molecule has 14 heteroatoms. The highest BCUT2D eigenvalue weighted by Crippen LogP contribution is 2.31. The highest BCUT2D eigenvalue weighted by atomic mass is 32.3. The normalized spacial score (nSPS) is 27.4. The molecule has 0 bridgehead atoms. The van der Waals surface area contributed by atoms with E-state index in [0.717, 1.165) is 10.9 Å². The molecule has 0 radical (unpaired) electrons. The average molecular weight is 477 g/mol. The van der Waals surface area contributed by atoms with E-state index < -0.39 is 46.9 Å². The zero-order valence-corrected chi connectivity index (χ0v) is 17.7. The van der Waals surface area contributed by atoms with E-state index in [9.17, 15) is 33.4 Å². The van der Waals surface area contributed by atoms with Gasteiger partial charge in [-0.2, -0.15) is 8.42 Å². The summed E-state index contributed by atoms with van der Waals surface area (Å²) >= 11 is 0.670. The number of oxime groups is 1. The van der Waals surface area contributed by atoms with Gasteiger partial charge in [0.25, 0.3) is 10.4 Å². The van der Waals surface area contributed by atoms with Crippen LogP contribution in [0.4, 0.5) is 0 Å². The van der Waals surface area contributed by atoms with Crippen LogP contribution in [0.2, 0.25) is 0 Å². The number of hydrogen-bond acceptors (Lipinski definition) is 12. The van der Waals surface area contributed by atoms with Gasteiger partial charge in [-0.25, -0.2) is 0 Å². The lowest BCUT2D eigenvalue weighted by atomic mass is 10.0. The molecule has 31 heavy (non-hydrogen) atoms. The summed E-state index contributed by atoms with van der Waals surface area (Å²) in [6.45, 7) is -0.637. The standard InChI is InChI=1S/C17H22N2O10S2/c1-27-11-4-2-3-10-9(11)5-8(18-10)6-13(19-29-31(24,25)26)30-17-16(23)15(22)14(21)12(7-20)28-17/h2-5,12,14-18,20-23H,6-7H2,1H3,(H,24,25,26)/p-1/b19-13-/t12-,14-,15+,16-,17+/m1/s1. The zero-order valence-electron chi connectivity index (χ0n) is 16.1. The van der Waals surface area contributed by atoms with Gasteiger partial charge in [0.15, 0.2) is 0 Å². The van der Waals surface area contributed by atoms with E-state index in [4.69, 9.17) is 9.47 Å². The van der Waals surface area contributed by atoms with Crippen molar-refractivity contribution in [1.82, 2.24) is 4.98 Å². The summed E-state index contributed by atoms with van der Waals surface area (Å²) in [5.74, 6) is 0.596. The molecular weight excluding hydrogens is 456 g/mol. The Kier molecular flexibility index (Phi) is 7.43. The van der Waals surface area contributed by atoms with Crippen molar-refractivity contribution in [3.05, 3.63) is 30.0 Å². The minimum Gasteiger partial charge on any atom is -0.714 e. The molecule has 1 aliphatic heterocycles. The largest absolute Gasteiger partial charge is 0.714 e. The smallest absolute Gasteiger partial charge is 0.284 e. The van der Waals surface area contributed by atoms with Crippen molar-refractivity contribution >= 4 is 38.1 Å². The highest BCUT2D eigenvalue weighted by molar-refractivity contribution is 8.14. The van der Waals surface area contributed by atoms with E-state index in [0.29, 0.717) is 23.2 Å². The number of benzene rings is 1. The number of H-pyrrole nitrogens is 1. The molecule has 1 aromatic carbocycles. The summed E-state index contributed by atoms with van der Waals surface area (Å²) < 4.78 is 47.3. The molecule has 1 aromatic heterocycles. The van der Waals surface area contributed by atoms with Crippen molar-refractivity contribution < 1.29 is 47.2 Å². The predicted octanol–water partition coefficient (Wildman–Crippen LogP) is -0.958. The van der Waals surface area contributed by atoms with Gasteiger partial charge in [0.1, 0.15) is 40.6 Å². The lowest BCUT2D eigenvalue weighted by molar-refractivity contribution is -0.205. The van der Waals surface area contributed by atoms with Crippen molar-refractivity contribution in [2.75, 3.05) is 13.7 Å². The molecule has 1 aliphatic rings. The van der Waals surface area contributed by atoms with Crippen LogP contribution in [-0.2, 0) is 25.8 Å². The second-order valence-electron chi connectivity index (χ2n) is 6.68. The number of aliphatic hydroxyl groups excluding tert-OH is 4. The van der Waals surface area contributed by atoms with Gasteiger partial charge in [-0.15, -0.1) is 0 Å². The number of aliphatic hydroxyl groups is 4. The molecule has 172 valence electrons. The third-order valence-electron chi connectivity index (χ3n) is 4.57. The Bertz CT molecular complexity index is 1040. The van der Waals surface area contributed by atoms with Gasteiger partial charge in [-0.05, 0) is 18.2 Å². The first-order chi connectivity index (χ1) is 14.6. The Hall–Kier alpha value is -1.91. The third kappa shape index (κ3) is 5.67. The topological polar surface area (TPSA) is 194 Å². The van der Waals surface area contributed by atoms with Crippen molar-refractivity contribution in [1.29, 1.82) is 0 Å². The molecule has 5 atom stereocenters. The summed E-state index contributed by atoms with van der Waals surface area (Å²) in [5, 5.41) is 43.4.